The highest BCUT2D eigenvalue weighted by Gasteiger charge is 2.42. The van der Waals surface area contributed by atoms with Crippen molar-refractivity contribution >= 4 is 17.5 Å². The molecule has 1 aromatic carbocycles. The molecule has 1 aromatic rings. The molecule has 1 spiro atoms. The number of ether oxygens (including phenoxy) is 2. The van der Waals surface area contributed by atoms with Crippen molar-refractivity contribution in [1.82, 2.24) is 9.80 Å². The third kappa shape index (κ3) is 4.09. The van der Waals surface area contributed by atoms with Crippen LogP contribution in [0.5, 0.6) is 0 Å². The third-order valence-electron chi connectivity index (χ3n) is 4.64. The van der Waals surface area contributed by atoms with Crippen LogP contribution in [0, 0.1) is 0 Å². The number of rotatable bonds is 3. The molecule has 2 aliphatic heterocycles. The molecule has 3 rings (SSSR count). The maximum atomic E-state index is 12.2. The summed E-state index contributed by atoms with van der Waals surface area (Å²) < 4.78 is 11.8. The Morgan fingerprint density at radius 1 is 1.25 bits per heavy atom. The summed E-state index contributed by atoms with van der Waals surface area (Å²) in [4.78, 5) is 16.4. The Bertz CT molecular complexity index is 578. The minimum Gasteiger partial charge on any atom is -0.369 e. The van der Waals surface area contributed by atoms with Crippen molar-refractivity contribution in [3.63, 3.8) is 0 Å². The van der Waals surface area contributed by atoms with Crippen LogP contribution < -0.4 is 0 Å². The van der Waals surface area contributed by atoms with Gasteiger partial charge in [-0.15, -0.1) is 0 Å². The van der Waals surface area contributed by atoms with Gasteiger partial charge in [-0.1, -0.05) is 23.7 Å². The van der Waals surface area contributed by atoms with Crippen molar-refractivity contribution in [2.24, 2.45) is 0 Å². The summed E-state index contributed by atoms with van der Waals surface area (Å²) in [6, 6.07) is 8.09. The number of hydrogen-bond donors (Lipinski definition) is 0. The van der Waals surface area contributed by atoms with Gasteiger partial charge in [0, 0.05) is 30.7 Å². The summed E-state index contributed by atoms with van der Waals surface area (Å²) in [5.41, 5.74) is 0.781. The quantitative estimate of drug-likeness (QED) is 0.836. The lowest BCUT2D eigenvalue weighted by Crippen LogP contribution is -2.59. The van der Waals surface area contributed by atoms with Gasteiger partial charge in [-0.3, -0.25) is 9.69 Å². The summed E-state index contributed by atoms with van der Waals surface area (Å²) in [5, 5.41) is 0.750. The monoisotopic (exact) mass is 352 g/mol. The second-order valence-electron chi connectivity index (χ2n) is 6.98. The summed E-state index contributed by atoms with van der Waals surface area (Å²) in [6.07, 6.45) is 0. The first kappa shape index (κ1) is 17.7. The average molecular weight is 353 g/mol. The van der Waals surface area contributed by atoms with Crippen LogP contribution in [0.3, 0.4) is 0 Å². The van der Waals surface area contributed by atoms with Gasteiger partial charge in [0.05, 0.1) is 19.8 Å². The molecule has 2 saturated heterocycles. The second-order valence-corrected chi connectivity index (χ2v) is 7.41. The summed E-state index contributed by atoms with van der Waals surface area (Å²) >= 11 is 5.96. The predicted molar refractivity (Wildman–Crippen MR) is 93.1 cm³/mol. The van der Waals surface area contributed by atoms with Gasteiger partial charge in [-0.25, -0.2) is 0 Å². The third-order valence-corrected chi connectivity index (χ3v) is 4.89. The first-order chi connectivity index (χ1) is 11.5. The number of halogens is 1. The molecule has 24 heavy (non-hydrogen) atoms. The van der Waals surface area contributed by atoms with Crippen LogP contribution in [-0.2, 0) is 20.8 Å². The standard InChI is InChI=1S/C18H25ClN2O3/c1-14(2)21-12-18(13-23-10-17(21)22)11-20(7-8-24-18)9-15-3-5-16(19)6-4-15/h3-6,14H,7-13H2,1-2H3. The fraction of sp³-hybridized carbons (Fsp3) is 0.611. The smallest absolute Gasteiger partial charge is 0.248 e. The average Bonchev–Trinajstić information content (AvgIpc) is 2.69. The molecule has 2 fully saturated rings. The molecular weight excluding hydrogens is 328 g/mol. The number of morpholine rings is 1. The first-order valence-electron chi connectivity index (χ1n) is 8.45. The Balaban J connectivity index is 1.71. The molecule has 0 radical (unpaired) electrons. The van der Waals surface area contributed by atoms with E-state index in [0.717, 1.165) is 24.7 Å². The Morgan fingerprint density at radius 3 is 2.71 bits per heavy atom. The van der Waals surface area contributed by atoms with E-state index in [1.54, 1.807) is 0 Å². The molecule has 132 valence electrons. The van der Waals surface area contributed by atoms with E-state index in [0.29, 0.717) is 19.8 Å². The molecule has 1 unspecified atom stereocenters. The zero-order chi connectivity index (χ0) is 17.2. The number of carbonyl (C=O) groups excluding carboxylic acids is 1. The van der Waals surface area contributed by atoms with Gasteiger partial charge in [0.2, 0.25) is 5.91 Å². The SMILES string of the molecule is CC(C)N1CC2(COCC1=O)CN(Cc1ccc(Cl)cc1)CCO2. The summed E-state index contributed by atoms with van der Waals surface area (Å²) in [6.45, 7) is 8.37. The highest BCUT2D eigenvalue weighted by molar-refractivity contribution is 6.30. The number of benzene rings is 1. The molecular formula is C18H25ClN2O3. The fourth-order valence-electron chi connectivity index (χ4n) is 3.41. The molecule has 0 aromatic heterocycles. The van der Waals surface area contributed by atoms with Crippen molar-refractivity contribution in [3.05, 3.63) is 34.9 Å². The van der Waals surface area contributed by atoms with E-state index in [9.17, 15) is 4.79 Å². The Morgan fingerprint density at radius 2 is 2.00 bits per heavy atom. The molecule has 0 N–H and O–H groups in total. The van der Waals surface area contributed by atoms with Crippen LogP contribution in [0.25, 0.3) is 0 Å². The summed E-state index contributed by atoms with van der Waals surface area (Å²) in [5.74, 6) is 0.0419. The Labute approximate surface area is 148 Å². The van der Waals surface area contributed by atoms with E-state index in [-0.39, 0.29) is 18.6 Å². The van der Waals surface area contributed by atoms with E-state index in [1.807, 2.05) is 30.9 Å². The van der Waals surface area contributed by atoms with Crippen molar-refractivity contribution in [2.45, 2.75) is 32.0 Å². The van der Waals surface area contributed by atoms with Gasteiger partial charge in [0.25, 0.3) is 0 Å². The van der Waals surface area contributed by atoms with Crippen LogP contribution >= 0.6 is 11.6 Å². The number of amides is 1. The van der Waals surface area contributed by atoms with Crippen molar-refractivity contribution in [2.75, 3.05) is 39.5 Å². The largest absolute Gasteiger partial charge is 0.369 e. The Kier molecular flexibility index (Phi) is 5.45. The maximum Gasteiger partial charge on any atom is 0.248 e. The molecule has 0 bridgehead atoms. The Hall–Kier alpha value is -1.14. The fourth-order valence-corrected chi connectivity index (χ4v) is 3.54. The van der Waals surface area contributed by atoms with Crippen molar-refractivity contribution in [1.29, 1.82) is 0 Å². The van der Waals surface area contributed by atoms with Crippen molar-refractivity contribution < 1.29 is 14.3 Å². The van der Waals surface area contributed by atoms with Crippen LogP contribution in [0.4, 0.5) is 0 Å². The molecule has 0 aliphatic carbocycles. The summed E-state index contributed by atoms with van der Waals surface area (Å²) in [7, 11) is 0. The predicted octanol–water partition coefficient (Wildman–Crippen LogP) is 2.18. The molecule has 0 saturated carbocycles. The highest BCUT2D eigenvalue weighted by atomic mass is 35.5. The lowest BCUT2D eigenvalue weighted by molar-refractivity contribution is -0.147. The van der Waals surface area contributed by atoms with Crippen LogP contribution in [-0.4, -0.2) is 66.8 Å². The molecule has 1 amide bonds. The topological polar surface area (TPSA) is 42.0 Å². The van der Waals surface area contributed by atoms with Gasteiger partial charge >= 0.3 is 0 Å². The van der Waals surface area contributed by atoms with Crippen molar-refractivity contribution in [3.8, 4) is 0 Å². The lowest BCUT2D eigenvalue weighted by Gasteiger charge is -2.44. The van der Waals surface area contributed by atoms with Crippen LogP contribution in [0.15, 0.2) is 24.3 Å². The maximum absolute atomic E-state index is 12.2. The molecule has 2 aliphatic rings. The van der Waals surface area contributed by atoms with Gasteiger partial charge < -0.3 is 14.4 Å². The zero-order valence-electron chi connectivity index (χ0n) is 14.3. The highest BCUT2D eigenvalue weighted by Crippen LogP contribution is 2.25. The molecule has 5 nitrogen and oxygen atoms in total. The second kappa shape index (κ2) is 7.40. The first-order valence-corrected chi connectivity index (χ1v) is 8.83. The molecule has 6 heteroatoms. The number of nitrogens with zero attached hydrogens (tertiary/aromatic N) is 2. The minimum absolute atomic E-state index is 0.0419. The van der Waals surface area contributed by atoms with Gasteiger partial charge in [0.15, 0.2) is 0 Å². The normalized spacial score (nSPS) is 26.2. The number of carbonyl (C=O) groups is 1. The van der Waals surface area contributed by atoms with Gasteiger partial charge in [0.1, 0.15) is 12.2 Å². The van der Waals surface area contributed by atoms with Crippen LogP contribution in [0.2, 0.25) is 5.02 Å². The van der Waals surface area contributed by atoms with E-state index in [1.165, 1.54) is 5.56 Å². The van der Waals surface area contributed by atoms with Crippen LogP contribution in [0.1, 0.15) is 19.4 Å². The van der Waals surface area contributed by atoms with Gasteiger partial charge in [-0.05, 0) is 31.5 Å². The minimum atomic E-state index is -0.443. The molecule has 2 heterocycles. The zero-order valence-corrected chi connectivity index (χ0v) is 15.1. The lowest BCUT2D eigenvalue weighted by atomic mass is 10.0. The van der Waals surface area contributed by atoms with E-state index < -0.39 is 5.60 Å². The van der Waals surface area contributed by atoms with Gasteiger partial charge in [-0.2, -0.15) is 0 Å². The van der Waals surface area contributed by atoms with E-state index in [2.05, 4.69) is 17.0 Å². The molecule has 1 atom stereocenters. The van der Waals surface area contributed by atoms with E-state index in [4.69, 9.17) is 21.1 Å². The van der Waals surface area contributed by atoms with E-state index >= 15 is 0 Å². The number of hydrogen-bond acceptors (Lipinski definition) is 4.